The lowest BCUT2D eigenvalue weighted by atomic mass is 10.1. The van der Waals surface area contributed by atoms with Crippen LogP contribution in [0.2, 0.25) is 0 Å². The molecular formula is C12H11F2NO3. The average Bonchev–Trinajstić information content (AvgIpc) is 3.07. The number of amides is 1. The van der Waals surface area contributed by atoms with Gasteiger partial charge < -0.3 is 10.1 Å². The normalized spacial score (nSPS) is 15.9. The van der Waals surface area contributed by atoms with Crippen molar-refractivity contribution < 1.29 is 23.1 Å². The molecule has 6 heteroatoms. The molecule has 18 heavy (non-hydrogen) atoms. The molecule has 1 aliphatic rings. The summed E-state index contributed by atoms with van der Waals surface area (Å²) in [5.41, 5.74) is -1.22. The Morgan fingerprint density at radius 2 is 1.78 bits per heavy atom. The van der Waals surface area contributed by atoms with E-state index >= 15 is 0 Å². The van der Waals surface area contributed by atoms with E-state index in [1.165, 1.54) is 7.11 Å². The van der Waals surface area contributed by atoms with Gasteiger partial charge in [-0.25, -0.2) is 8.78 Å². The number of halogens is 2. The molecule has 0 unspecified atom stereocenters. The van der Waals surface area contributed by atoms with E-state index < -0.39 is 28.9 Å². The summed E-state index contributed by atoms with van der Waals surface area (Å²) in [6, 6.07) is 2.66. The highest BCUT2D eigenvalue weighted by Gasteiger charge is 2.57. The van der Waals surface area contributed by atoms with Gasteiger partial charge >= 0.3 is 5.97 Å². The zero-order valence-corrected chi connectivity index (χ0v) is 9.63. The number of anilines is 1. The number of ether oxygens (including phenoxy) is 1. The van der Waals surface area contributed by atoms with Crippen molar-refractivity contribution in [3.63, 3.8) is 0 Å². The zero-order valence-electron chi connectivity index (χ0n) is 9.63. The monoisotopic (exact) mass is 255 g/mol. The maximum absolute atomic E-state index is 12.9. The van der Waals surface area contributed by atoms with E-state index in [0.29, 0.717) is 18.9 Å². The van der Waals surface area contributed by atoms with Crippen molar-refractivity contribution in [2.75, 3.05) is 12.4 Å². The largest absolute Gasteiger partial charge is 0.468 e. The number of nitrogens with one attached hydrogen (secondary N) is 1. The molecule has 0 aliphatic heterocycles. The van der Waals surface area contributed by atoms with Gasteiger partial charge in [-0.15, -0.1) is 0 Å². The van der Waals surface area contributed by atoms with E-state index in [4.69, 9.17) is 0 Å². The fourth-order valence-corrected chi connectivity index (χ4v) is 1.72. The summed E-state index contributed by atoms with van der Waals surface area (Å²) in [5, 5.41) is 2.32. The SMILES string of the molecule is COC(=O)C1(C(=O)Nc2cc(F)cc(F)c2)CC1. The van der Waals surface area contributed by atoms with Gasteiger partial charge in [0.2, 0.25) is 5.91 Å². The molecule has 2 rings (SSSR count). The van der Waals surface area contributed by atoms with E-state index in [9.17, 15) is 18.4 Å². The van der Waals surface area contributed by atoms with Crippen molar-refractivity contribution in [2.24, 2.45) is 5.41 Å². The fourth-order valence-electron chi connectivity index (χ4n) is 1.72. The van der Waals surface area contributed by atoms with E-state index in [0.717, 1.165) is 12.1 Å². The van der Waals surface area contributed by atoms with Crippen LogP contribution in [0.1, 0.15) is 12.8 Å². The molecule has 1 fully saturated rings. The average molecular weight is 255 g/mol. The Balaban J connectivity index is 2.15. The van der Waals surface area contributed by atoms with Gasteiger partial charge in [0, 0.05) is 11.8 Å². The van der Waals surface area contributed by atoms with Crippen molar-refractivity contribution in [2.45, 2.75) is 12.8 Å². The molecule has 1 aromatic carbocycles. The Labute approximate surface area is 102 Å². The third-order valence-electron chi connectivity index (χ3n) is 2.88. The molecule has 0 aromatic heterocycles. The smallest absolute Gasteiger partial charge is 0.321 e. The van der Waals surface area contributed by atoms with Crippen LogP contribution in [0.3, 0.4) is 0 Å². The molecule has 0 spiro atoms. The van der Waals surface area contributed by atoms with Crippen molar-refractivity contribution in [3.05, 3.63) is 29.8 Å². The number of carbonyl (C=O) groups excluding carboxylic acids is 2. The minimum atomic E-state index is -1.20. The first-order valence-electron chi connectivity index (χ1n) is 5.34. The van der Waals surface area contributed by atoms with Crippen molar-refractivity contribution in [1.29, 1.82) is 0 Å². The number of rotatable bonds is 3. The predicted octanol–water partition coefficient (Wildman–Crippen LogP) is 1.86. The van der Waals surface area contributed by atoms with Crippen LogP contribution in [0.4, 0.5) is 14.5 Å². The number of hydrogen-bond acceptors (Lipinski definition) is 3. The number of methoxy groups -OCH3 is 1. The highest BCUT2D eigenvalue weighted by atomic mass is 19.1. The highest BCUT2D eigenvalue weighted by Crippen LogP contribution is 2.47. The standard InChI is InChI=1S/C12H11F2NO3/c1-18-11(17)12(2-3-12)10(16)15-9-5-7(13)4-8(14)6-9/h4-6H,2-3H2,1H3,(H,15,16). The van der Waals surface area contributed by atoms with E-state index in [1.54, 1.807) is 0 Å². The molecule has 1 aliphatic carbocycles. The van der Waals surface area contributed by atoms with Gasteiger partial charge in [0.15, 0.2) is 0 Å². The summed E-state index contributed by atoms with van der Waals surface area (Å²) >= 11 is 0. The van der Waals surface area contributed by atoms with Gasteiger partial charge in [-0.3, -0.25) is 9.59 Å². The van der Waals surface area contributed by atoms with Crippen molar-refractivity contribution >= 4 is 17.6 Å². The fraction of sp³-hybridized carbons (Fsp3) is 0.333. The van der Waals surface area contributed by atoms with Crippen LogP contribution in [-0.4, -0.2) is 19.0 Å². The van der Waals surface area contributed by atoms with Gasteiger partial charge in [0.05, 0.1) is 7.11 Å². The predicted molar refractivity (Wildman–Crippen MR) is 58.7 cm³/mol. The first-order valence-corrected chi connectivity index (χ1v) is 5.34. The molecule has 96 valence electrons. The Kier molecular flexibility index (Phi) is 3.02. The van der Waals surface area contributed by atoms with Gasteiger partial charge in [0.1, 0.15) is 17.0 Å². The maximum Gasteiger partial charge on any atom is 0.321 e. The van der Waals surface area contributed by atoms with Crippen LogP contribution in [-0.2, 0) is 14.3 Å². The van der Waals surface area contributed by atoms with Crippen molar-refractivity contribution in [3.8, 4) is 0 Å². The lowest BCUT2D eigenvalue weighted by Crippen LogP contribution is -2.32. The Hall–Kier alpha value is -1.98. The Bertz CT molecular complexity index is 492. The van der Waals surface area contributed by atoms with Crippen LogP contribution >= 0.6 is 0 Å². The molecular weight excluding hydrogens is 244 g/mol. The molecule has 0 radical (unpaired) electrons. The third-order valence-corrected chi connectivity index (χ3v) is 2.88. The summed E-state index contributed by atoms with van der Waals surface area (Å²) in [4.78, 5) is 23.3. The molecule has 1 amide bonds. The Morgan fingerprint density at radius 1 is 1.22 bits per heavy atom. The number of benzene rings is 1. The quantitative estimate of drug-likeness (QED) is 0.662. The van der Waals surface area contributed by atoms with Gasteiger partial charge in [-0.05, 0) is 25.0 Å². The first kappa shape index (κ1) is 12.5. The molecule has 0 heterocycles. The van der Waals surface area contributed by atoms with Gasteiger partial charge in [-0.2, -0.15) is 0 Å². The number of carbonyl (C=O) groups is 2. The Morgan fingerprint density at radius 3 is 2.22 bits per heavy atom. The van der Waals surface area contributed by atoms with Crippen LogP contribution in [0, 0.1) is 17.0 Å². The van der Waals surface area contributed by atoms with E-state index in [2.05, 4.69) is 10.1 Å². The second-order valence-electron chi connectivity index (χ2n) is 4.19. The second-order valence-corrected chi connectivity index (χ2v) is 4.19. The lowest BCUT2D eigenvalue weighted by molar-refractivity contribution is -0.150. The lowest BCUT2D eigenvalue weighted by Gasteiger charge is -2.12. The minimum absolute atomic E-state index is 0.0207. The summed E-state index contributed by atoms with van der Waals surface area (Å²) in [6.07, 6.45) is 0.757. The number of esters is 1. The van der Waals surface area contributed by atoms with Gasteiger partial charge in [-0.1, -0.05) is 0 Å². The maximum atomic E-state index is 12.9. The summed E-state index contributed by atoms with van der Waals surface area (Å²) in [7, 11) is 1.19. The van der Waals surface area contributed by atoms with Crippen molar-refractivity contribution in [1.82, 2.24) is 0 Å². The molecule has 0 saturated heterocycles. The molecule has 0 bridgehead atoms. The third kappa shape index (κ3) is 2.18. The van der Waals surface area contributed by atoms with E-state index in [1.807, 2.05) is 0 Å². The minimum Gasteiger partial charge on any atom is -0.468 e. The van der Waals surface area contributed by atoms with E-state index in [-0.39, 0.29) is 5.69 Å². The van der Waals surface area contributed by atoms with Crippen LogP contribution in [0.5, 0.6) is 0 Å². The van der Waals surface area contributed by atoms with Crippen LogP contribution in [0.25, 0.3) is 0 Å². The summed E-state index contributed by atoms with van der Waals surface area (Å²) < 4.78 is 30.4. The summed E-state index contributed by atoms with van der Waals surface area (Å²) in [6.45, 7) is 0. The first-order chi connectivity index (χ1) is 8.48. The summed E-state index contributed by atoms with van der Waals surface area (Å²) in [5.74, 6) is -2.82. The molecule has 0 atom stereocenters. The van der Waals surface area contributed by atoms with Crippen LogP contribution < -0.4 is 5.32 Å². The number of hydrogen-bond donors (Lipinski definition) is 1. The van der Waals surface area contributed by atoms with Crippen LogP contribution in [0.15, 0.2) is 18.2 Å². The van der Waals surface area contributed by atoms with Gasteiger partial charge in [0.25, 0.3) is 0 Å². The molecule has 1 aromatic rings. The topological polar surface area (TPSA) is 55.4 Å². The molecule has 1 saturated carbocycles. The highest BCUT2D eigenvalue weighted by molar-refractivity contribution is 6.11. The molecule has 1 N–H and O–H groups in total. The zero-order chi connectivity index (χ0) is 13.3. The molecule has 4 nitrogen and oxygen atoms in total. The second kappa shape index (κ2) is 4.36.